The van der Waals surface area contributed by atoms with Crippen LogP contribution < -0.4 is 0 Å². The molecule has 0 heterocycles. The predicted molar refractivity (Wildman–Crippen MR) is 94.9 cm³/mol. The molecule has 0 aliphatic rings. The molecule has 0 amide bonds. The van der Waals surface area contributed by atoms with Crippen LogP contribution in [0.1, 0.15) is 62.3 Å². The van der Waals surface area contributed by atoms with Crippen LogP contribution >= 0.6 is 0 Å². The Bertz CT molecular complexity index is 217. The van der Waals surface area contributed by atoms with E-state index in [1.54, 1.807) is 0 Å². The molecule has 0 aliphatic heterocycles. The first kappa shape index (κ1) is 35.7. The Labute approximate surface area is 164 Å². The van der Waals surface area contributed by atoms with Gasteiger partial charge in [-0.1, -0.05) is 0 Å². The van der Waals surface area contributed by atoms with E-state index in [1.807, 2.05) is 62.3 Å². The first-order valence-corrected chi connectivity index (χ1v) is 8.96. The van der Waals surface area contributed by atoms with Gasteiger partial charge in [-0.05, 0) is 62.3 Å². The van der Waals surface area contributed by atoms with Crippen molar-refractivity contribution in [3.63, 3.8) is 0 Å². The minimum Gasteiger partial charge on any atom is -0.400 e. The Morgan fingerprint density at radius 1 is 0.500 bits per heavy atom. The molecule has 0 rings (SSSR count). The maximum absolute atomic E-state index is 10.5. The van der Waals surface area contributed by atoms with E-state index in [2.05, 4.69) is 0 Å². The predicted octanol–water partition coefficient (Wildman–Crippen LogP) is 1.68. The van der Waals surface area contributed by atoms with Crippen molar-refractivity contribution >= 4 is 9.05 Å². The molecule has 0 aromatic carbocycles. The monoisotopic (exact) mass is 408 g/mol. The van der Waals surface area contributed by atoms with E-state index in [9.17, 15) is 4.80 Å². The third-order valence-electron chi connectivity index (χ3n) is 1.31. The Morgan fingerprint density at radius 3 is 0.708 bits per heavy atom. The summed E-state index contributed by atoms with van der Waals surface area (Å²) in [6, 6.07) is 0. The van der Waals surface area contributed by atoms with E-state index in [0.29, 0.717) is 0 Å². The molecule has 7 nitrogen and oxygen atoms in total. The molecule has 24 heavy (non-hydrogen) atoms. The van der Waals surface area contributed by atoms with Crippen LogP contribution in [0.4, 0.5) is 0 Å². The molecular weight excluding hydrogens is 368 g/mol. The van der Waals surface area contributed by atoms with Crippen LogP contribution in [0, 0.1) is 0 Å². The van der Waals surface area contributed by atoms with Crippen molar-refractivity contribution in [1.29, 1.82) is 0 Å². The normalized spacial score (nSPS) is 11.5. The number of rotatable bonds is 3. The van der Waals surface area contributed by atoms with Gasteiger partial charge in [0.25, 0.3) is 0 Å². The number of aliphatic hydroxyl groups is 3. The van der Waals surface area contributed by atoms with Gasteiger partial charge in [-0.2, -0.15) is 0 Å². The zero-order valence-electron chi connectivity index (χ0n) is 17.5. The first-order chi connectivity index (χ1) is 10.1. The summed E-state index contributed by atoms with van der Waals surface area (Å²) in [5.41, 5.74) is -1.55. The zero-order chi connectivity index (χ0) is 20.1. The minimum absolute atomic E-state index is 0. The number of hydrogen-bond acceptors (Lipinski definition) is 7. The van der Waals surface area contributed by atoms with Gasteiger partial charge in [-0.25, -0.2) is 0 Å². The van der Waals surface area contributed by atoms with E-state index in [-0.39, 0.29) is 21.7 Å². The Balaban J connectivity index is -0.000000153. The van der Waals surface area contributed by atoms with Crippen LogP contribution in [0.5, 0.6) is 0 Å². The van der Waals surface area contributed by atoms with Crippen LogP contribution in [0.2, 0.25) is 0 Å². The van der Waals surface area contributed by atoms with Crippen molar-refractivity contribution in [3.8, 4) is 0 Å². The van der Waals surface area contributed by atoms with E-state index < -0.39 is 25.9 Å². The summed E-state index contributed by atoms with van der Waals surface area (Å²) in [6.07, 6.45) is 0. The standard InChI is InChI=1S/C12H28O4Si.3CH4O.Ti/c1-10(2,3)14-17(13,15-11(4,5)6)16-12(7,8)9;3*1-2;/h13H,1-9H3;3*2H,1H3;. The Hall–Kier alpha value is 0.651. The quantitative estimate of drug-likeness (QED) is 0.526. The van der Waals surface area contributed by atoms with E-state index in [0.717, 1.165) is 21.3 Å². The van der Waals surface area contributed by atoms with Crippen molar-refractivity contribution in [2.45, 2.75) is 79.1 Å². The third-order valence-corrected chi connectivity index (χ3v) is 3.92. The molecule has 0 unspecified atom stereocenters. The Morgan fingerprint density at radius 2 is 0.625 bits per heavy atom. The maximum Gasteiger partial charge on any atom is 0.678 e. The summed E-state index contributed by atoms with van der Waals surface area (Å²) in [7, 11) is -0.656. The van der Waals surface area contributed by atoms with Crippen molar-refractivity contribution in [3.05, 3.63) is 0 Å². The molecule has 0 radical (unpaired) electrons. The molecule has 0 saturated heterocycles. The van der Waals surface area contributed by atoms with Crippen LogP contribution in [-0.4, -0.2) is 67.3 Å². The summed E-state index contributed by atoms with van der Waals surface area (Å²) >= 11 is 0. The molecule has 0 aromatic rings. The SMILES string of the molecule is CC(C)(C)O[Si](O)(OC(C)(C)C)OC(C)(C)C.CO.CO.CO.[Ti]. The smallest absolute Gasteiger partial charge is 0.400 e. The van der Waals surface area contributed by atoms with Gasteiger partial charge < -0.3 is 33.4 Å². The van der Waals surface area contributed by atoms with E-state index in [1.165, 1.54) is 0 Å². The topological polar surface area (TPSA) is 109 Å². The molecule has 0 atom stereocenters. The average molecular weight is 408 g/mol. The van der Waals surface area contributed by atoms with Gasteiger partial charge in [0.2, 0.25) is 0 Å². The van der Waals surface area contributed by atoms with Gasteiger partial charge in [0.15, 0.2) is 0 Å². The summed E-state index contributed by atoms with van der Waals surface area (Å²) in [4.78, 5) is 10.5. The summed E-state index contributed by atoms with van der Waals surface area (Å²) in [5, 5.41) is 21.0. The molecule has 4 N–H and O–H groups in total. The summed E-state index contributed by atoms with van der Waals surface area (Å²) in [5.74, 6) is 0. The molecule has 9 heteroatoms. The largest absolute Gasteiger partial charge is 0.678 e. The molecule has 0 aromatic heterocycles. The van der Waals surface area contributed by atoms with Crippen molar-refractivity contribution in [2.75, 3.05) is 21.3 Å². The fraction of sp³-hybridized carbons (Fsp3) is 1.00. The van der Waals surface area contributed by atoms with Crippen LogP contribution in [-0.2, 0) is 35.0 Å². The molecule has 0 bridgehead atoms. The van der Waals surface area contributed by atoms with Gasteiger partial charge in [-0.3, -0.25) is 0 Å². The fourth-order valence-electron chi connectivity index (χ4n) is 1.22. The molecule has 0 fully saturated rings. The van der Waals surface area contributed by atoms with Gasteiger partial charge in [0.1, 0.15) is 0 Å². The second kappa shape index (κ2) is 15.9. The van der Waals surface area contributed by atoms with Gasteiger partial charge in [-0.15, -0.1) is 0 Å². The van der Waals surface area contributed by atoms with Crippen molar-refractivity contribution < 1.29 is 55.1 Å². The second-order valence-electron chi connectivity index (χ2n) is 7.17. The van der Waals surface area contributed by atoms with Gasteiger partial charge in [0, 0.05) is 43.0 Å². The average Bonchev–Trinajstić information content (AvgIpc) is 2.28. The van der Waals surface area contributed by atoms with Gasteiger partial charge in [0.05, 0.1) is 16.8 Å². The van der Waals surface area contributed by atoms with Crippen molar-refractivity contribution in [2.24, 2.45) is 0 Å². The van der Waals surface area contributed by atoms with E-state index in [4.69, 9.17) is 28.6 Å². The minimum atomic E-state index is -3.66. The van der Waals surface area contributed by atoms with Crippen LogP contribution in [0.3, 0.4) is 0 Å². The number of hydrogen-bond donors (Lipinski definition) is 4. The molecular formula is C15H40O7SiTi. The molecule has 0 aliphatic carbocycles. The number of aliphatic hydroxyl groups excluding tert-OH is 3. The molecule has 150 valence electrons. The summed E-state index contributed by atoms with van der Waals surface area (Å²) in [6.45, 7) is 16.8. The third kappa shape index (κ3) is 30.5. The fourth-order valence-corrected chi connectivity index (χ4v) is 3.67. The first-order valence-electron chi connectivity index (χ1n) is 7.29. The van der Waals surface area contributed by atoms with Crippen LogP contribution in [0.15, 0.2) is 0 Å². The van der Waals surface area contributed by atoms with Gasteiger partial charge >= 0.3 is 9.05 Å². The second-order valence-corrected chi connectivity index (χ2v) is 8.83. The van der Waals surface area contributed by atoms with Crippen molar-refractivity contribution in [1.82, 2.24) is 0 Å². The summed E-state index contributed by atoms with van der Waals surface area (Å²) < 4.78 is 16.9. The van der Waals surface area contributed by atoms with Crippen LogP contribution in [0.25, 0.3) is 0 Å². The Kier molecular flexibility index (Phi) is 23.6. The molecule has 0 saturated carbocycles. The maximum atomic E-state index is 10.5. The van der Waals surface area contributed by atoms with E-state index >= 15 is 0 Å². The molecule has 0 spiro atoms. The zero-order valence-corrected chi connectivity index (χ0v) is 20.1.